The van der Waals surface area contributed by atoms with E-state index in [-0.39, 0.29) is 42.0 Å². The summed E-state index contributed by atoms with van der Waals surface area (Å²) in [7, 11) is 0. The van der Waals surface area contributed by atoms with Gasteiger partial charge in [0.15, 0.2) is 0 Å². The van der Waals surface area contributed by atoms with Crippen LogP contribution in [0.25, 0.3) is 0 Å². The topological polar surface area (TPSA) is 118 Å². The van der Waals surface area contributed by atoms with Gasteiger partial charge in [-0.25, -0.2) is 0 Å². The number of amides is 1. The molecule has 0 bridgehead atoms. The molecule has 9 atom stereocenters. The SMILES string of the molecule is CCC(=O)C[C@@H]1C[C@@]2(CO2)[C@H](O)[C@@H](/C=C/C(C)=C/C[C@@H]2O[C@H](C)[C@H](NC(=O)/C=C\[C@H](C)O)C[C@@H]2C)O1. The van der Waals surface area contributed by atoms with E-state index in [1.807, 2.05) is 32.9 Å². The summed E-state index contributed by atoms with van der Waals surface area (Å²) >= 11 is 0. The number of epoxide rings is 1. The standard InChI is InChI=1S/C28H43NO7/c1-6-21(31)14-22-15-28(16-34-28)27(33)25(36-22)11-8-17(2)7-10-24-18(3)13-23(20(5)35-24)29-26(32)12-9-19(4)30/h7-9,11-12,18-20,22-25,27,30,33H,6,10,13-16H2,1-5H3,(H,29,32)/b11-8+,12-9-,17-7+/t18-,19-,20+,22+,23+,24-,25+,27+,28+/m0/s1. The average molecular weight is 506 g/mol. The molecule has 0 aromatic carbocycles. The first-order valence-corrected chi connectivity index (χ1v) is 13.2. The molecule has 0 aliphatic carbocycles. The van der Waals surface area contributed by atoms with Crippen LogP contribution in [0.1, 0.15) is 66.7 Å². The van der Waals surface area contributed by atoms with Crippen molar-refractivity contribution in [3.8, 4) is 0 Å². The molecule has 3 N–H and O–H groups in total. The van der Waals surface area contributed by atoms with Gasteiger partial charge in [0.25, 0.3) is 0 Å². The number of carbonyl (C=O) groups excluding carboxylic acids is 2. The zero-order chi connectivity index (χ0) is 26.5. The summed E-state index contributed by atoms with van der Waals surface area (Å²) in [6.07, 6.45) is 9.41. The zero-order valence-electron chi connectivity index (χ0n) is 22.2. The van der Waals surface area contributed by atoms with Crippen LogP contribution in [0.2, 0.25) is 0 Å². The van der Waals surface area contributed by atoms with Crippen LogP contribution in [0.5, 0.6) is 0 Å². The Morgan fingerprint density at radius 2 is 1.94 bits per heavy atom. The van der Waals surface area contributed by atoms with Gasteiger partial charge in [-0.3, -0.25) is 9.59 Å². The number of Topliss-reactive ketones (excluding diaryl/α,β-unsaturated/α-hetero) is 1. The Bertz CT molecular complexity index is 860. The van der Waals surface area contributed by atoms with Gasteiger partial charge in [0, 0.05) is 25.3 Å². The van der Waals surface area contributed by atoms with Crippen molar-refractivity contribution in [2.75, 3.05) is 6.61 Å². The number of carbonyl (C=O) groups is 2. The van der Waals surface area contributed by atoms with Gasteiger partial charge in [0.1, 0.15) is 23.6 Å². The van der Waals surface area contributed by atoms with Gasteiger partial charge in [-0.2, -0.15) is 0 Å². The minimum Gasteiger partial charge on any atom is -0.389 e. The van der Waals surface area contributed by atoms with E-state index in [0.717, 1.165) is 18.4 Å². The molecular weight excluding hydrogens is 462 g/mol. The van der Waals surface area contributed by atoms with Crippen molar-refractivity contribution >= 4 is 11.7 Å². The van der Waals surface area contributed by atoms with Crippen LogP contribution in [0.15, 0.2) is 36.0 Å². The number of nitrogens with one attached hydrogen (secondary N) is 1. The molecule has 1 amide bonds. The smallest absolute Gasteiger partial charge is 0.244 e. The van der Waals surface area contributed by atoms with E-state index in [1.165, 1.54) is 12.2 Å². The third kappa shape index (κ3) is 7.83. The van der Waals surface area contributed by atoms with Crippen molar-refractivity contribution in [1.82, 2.24) is 5.32 Å². The van der Waals surface area contributed by atoms with Gasteiger partial charge in [0.2, 0.25) is 5.91 Å². The van der Waals surface area contributed by atoms with E-state index in [2.05, 4.69) is 18.3 Å². The van der Waals surface area contributed by atoms with Crippen LogP contribution in [-0.4, -0.2) is 76.8 Å². The van der Waals surface area contributed by atoms with Crippen LogP contribution in [0, 0.1) is 5.92 Å². The molecule has 0 aromatic heterocycles. The molecular formula is C28H43NO7. The summed E-state index contributed by atoms with van der Waals surface area (Å²) in [5, 5.41) is 23.0. The van der Waals surface area contributed by atoms with E-state index < -0.39 is 23.9 Å². The lowest BCUT2D eigenvalue weighted by Gasteiger charge is -2.39. The Morgan fingerprint density at radius 3 is 2.58 bits per heavy atom. The maximum absolute atomic E-state index is 12.1. The first-order valence-electron chi connectivity index (χ1n) is 13.2. The number of hydrogen-bond acceptors (Lipinski definition) is 7. The summed E-state index contributed by atoms with van der Waals surface area (Å²) in [5.41, 5.74) is 0.453. The van der Waals surface area contributed by atoms with Gasteiger partial charge >= 0.3 is 0 Å². The van der Waals surface area contributed by atoms with E-state index >= 15 is 0 Å². The van der Waals surface area contributed by atoms with E-state index in [9.17, 15) is 19.8 Å². The second kappa shape index (κ2) is 12.6. The average Bonchev–Trinajstić information content (AvgIpc) is 3.60. The summed E-state index contributed by atoms with van der Waals surface area (Å²) in [6.45, 7) is 10.0. The minimum absolute atomic E-state index is 0.0357. The Hall–Kier alpha value is -1.84. The van der Waals surface area contributed by atoms with E-state index in [1.54, 1.807) is 6.92 Å². The lowest BCUT2D eigenvalue weighted by molar-refractivity contribution is -0.144. The molecule has 36 heavy (non-hydrogen) atoms. The van der Waals surface area contributed by atoms with E-state index in [4.69, 9.17) is 14.2 Å². The van der Waals surface area contributed by atoms with Crippen molar-refractivity contribution < 1.29 is 34.0 Å². The number of aliphatic hydroxyl groups is 2. The van der Waals surface area contributed by atoms with Gasteiger partial charge in [-0.1, -0.05) is 43.7 Å². The highest BCUT2D eigenvalue weighted by Crippen LogP contribution is 2.43. The lowest BCUT2D eigenvalue weighted by Crippen LogP contribution is -2.50. The Kier molecular flexibility index (Phi) is 10.1. The highest BCUT2D eigenvalue weighted by Gasteiger charge is 2.58. The van der Waals surface area contributed by atoms with Crippen LogP contribution in [0.3, 0.4) is 0 Å². The van der Waals surface area contributed by atoms with Crippen LogP contribution in [-0.2, 0) is 23.8 Å². The number of allylic oxidation sites excluding steroid dienone is 2. The largest absolute Gasteiger partial charge is 0.389 e. The molecule has 1 spiro atoms. The molecule has 3 heterocycles. The Labute approximate surface area is 214 Å². The molecule has 202 valence electrons. The third-order valence-electron chi connectivity index (χ3n) is 7.43. The Balaban J connectivity index is 1.52. The molecule has 3 rings (SSSR count). The van der Waals surface area contributed by atoms with Crippen molar-refractivity contribution in [3.63, 3.8) is 0 Å². The molecule has 0 radical (unpaired) electrons. The first kappa shape index (κ1) is 28.7. The van der Waals surface area contributed by atoms with Crippen molar-refractivity contribution in [2.45, 2.75) is 115 Å². The minimum atomic E-state index is -0.750. The molecule has 0 aromatic rings. The molecule has 3 saturated heterocycles. The number of aliphatic hydroxyl groups excluding tert-OH is 2. The normalized spacial score (nSPS) is 38.0. The fourth-order valence-corrected chi connectivity index (χ4v) is 4.99. The highest BCUT2D eigenvalue weighted by atomic mass is 16.6. The predicted molar refractivity (Wildman–Crippen MR) is 136 cm³/mol. The second-order valence-corrected chi connectivity index (χ2v) is 10.7. The number of ether oxygens (including phenoxy) is 3. The number of ketones is 1. The fraction of sp³-hybridized carbons (Fsp3) is 0.714. The van der Waals surface area contributed by atoms with Gasteiger partial charge in [-0.15, -0.1) is 0 Å². The fourth-order valence-electron chi connectivity index (χ4n) is 4.99. The maximum atomic E-state index is 12.1. The van der Waals surface area contributed by atoms with Gasteiger partial charge in [-0.05, 0) is 39.5 Å². The molecule has 3 aliphatic heterocycles. The predicted octanol–water partition coefficient (Wildman–Crippen LogP) is 2.77. The summed E-state index contributed by atoms with van der Waals surface area (Å²) in [4.78, 5) is 24.0. The quantitative estimate of drug-likeness (QED) is 0.237. The van der Waals surface area contributed by atoms with Crippen LogP contribution >= 0.6 is 0 Å². The van der Waals surface area contributed by atoms with Crippen molar-refractivity contribution in [3.05, 3.63) is 36.0 Å². The molecule has 3 fully saturated rings. The molecule has 0 saturated carbocycles. The summed E-state index contributed by atoms with van der Waals surface area (Å²) < 4.78 is 17.9. The zero-order valence-corrected chi connectivity index (χ0v) is 22.2. The first-order chi connectivity index (χ1) is 17.0. The Morgan fingerprint density at radius 1 is 1.22 bits per heavy atom. The number of rotatable bonds is 10. The second-order valence-electron chi connectivity index (χ2n) is 10.7. The molecule has 8 heteroatoms. The van der Waals surface area contributed by atoms with Crippen molar-refractivity contribution in [1.29, 1.82) is 0 Å². The van der Waals surface area contributed by atoms with Gasteiger partial charge in [0.05, 0.1) is 37.1 Å². The summed E-state index contributed by atoms with van der Waals surface area (Å²) in [5.74, 6) is 0.182. The molecule has 3 aliphatic rings. The lowest BCUT2D eigenvalue weighted by atomic mass is 9.86. The number of hydrogen-bond donors (Lipinski definition) is 3. The van der Waals surface area contributed by atoms with Gasteiger partial charge < -0.3 is 29.7 Å². The molecule has 8 nitrogen and oxygen atoms in total. The monoisotopic (exact) mass is 505 g/mol. The molecule has 0 unspecified atom stereocenters. The van der Waals surface area contributed by atoms with Crippen LogP contribution in [0.4, 0.5) is 0 Å². The summed E-state index contributed by atoms with van der Waals surface area (Å²) in [6, 6.07) is -0.0817. The van der Waals surface area contributed by atoms with E-state index in [0.29, 0.717) is 25.9 Å². The third-order valence-corrected chi connectivity index (χ3v) is 7.43. The maximum Gasteiger partial charge on any atom is 0.244 e. The van der Waals surface area contributed by atoms with Crippen molar-refractivity contribution in [2.24, 2.45) is 5.92 Å². The van der Waals surface area contributed by atoms with Crippen LogP contribution < -0.4 is 5.32 Å². The highest BCUT2D eigenvalue weighted by molar-refractivity contribution is 5.87.